The first-order chi connectivity index (χ1) is 15.4. The second kappa shape index (κ2) is 9.18. The number of anilines is 3. The van der Waals surface area contributed by atoms with Gasteiger partial charge in [0.05, 0.1) is 39.8 Å². The van der Waals surface area contributed by atoms with Gasteiger partial charge in [-0.05, 0) is 38.2 Å². The molecule has 1 saturated heterocycles. The topological polar surface area (TPSA) is 83.7 Å². The Morgan fingerprint density at radius 1 is 1.25 bits per heavy atom. The van der Waals surface area contributed by atoms with Crippen molar-refractivity contribution in [3.8, 4) is 5.75 Å². The Bertz CT molecular complexity index is 1160. The zero-order valence-corrected chi connectivity index (χ0v) is 18.7. The highest BCUT2D eigenvalue weighted by Crippen LogP contribution is 2.39. The van der Waals surface area contributed by atoms with Crippen molar-refractivity contribution in [3.05, 3.63) is 52.9 Å². The first-order valence-electron chi connectivity index (χ1n) is 10.4. The number of pyridine rings is 1. The third-order valence-electron chi connectivity index (χ3n) is 5.55. The van der Waals surface area contributed by atoms with Crippen LogP contribution in [-0.4, -0.2) is 55.6 Å². The Morgan fingerprint density at radius 3 is 2.66 bits per heavy atom. The highest BCUT2D eigenvalue weighted by molar-refractivity contribution is 6.33. The molecule has 2 heterocycles. The molecule has 3 N–H and O–H groups in total. The maximum Gasteiger partial charge on any atom is 0.252 e. The minimum absolute atomic E-state index is 0.190. The molecule has 1 aliphatic heterocycles. The van der Waals surface area contributed by atoms with E-state index in [1.807, 2.05) is 19.1 Å². The second-order valence-corrected chi connectivity index (χ2v) is 8.13. The molecule has 9 heteroatoms. The number of nitrogens with one attached hydrogen (secondary N) is 1. The number of fused-ring (bicyclic) bond motifs is 1. The summed E-state index contributed by atoms with van der Waals surface area (Å²) in [6.45, 7) is 6.00. The number of benzene rings is 2. The minimum Gasteiger partial charge on any atom is -0.492 e. The number of hydrogen-bond donors (Lipinski definition) is 2. The van der Waals surface area contributed by atoms with Crippen LogP contribution < -0.4 is 20.7 Å². The predicted molar refractivity (Wildman–Crippen MR) is 126 cm³/mol. The molecule has 2 aromatic carbocycles. The lowest BCUT2D eigenvalue weighted by atomic mass is 10.1. The van der Waals surface area contributed by atoms with Crippen molar-refractivity contribution in [2.45, 2.75) is 6.92 Å². The summed E-state index contributed by atoms with van der Waals surface area (Å²) in [5, 5.41) is 4.06. The second-order valence-electron chi connectivity index (χ2n) is 7.72. The Hall–Kier alpha value is -3.10. The predicted octanol–water partition coefficient (Wildman–Crippen LogP) is 4.02. The van der Waals surface area contributed by atoms with Crippen LogP contribution in [0, 0.1) is 5.82 Å². The van der Waals surface area contributed by atoms with Gasteiger partial charge in [-0.3, -0.25) is 9.78 Å². The van der Waals surface area contributed by atoms with Crippen molar-refractivity contribution in [3.63, 3.8) is 0 Å². The van der Waals surface area contributed by atoms with Crippen LogP contribution in [0.2, 0.25) is 5.02 Å². The lowest BCUT2D eigenvalue weighted by Gasteiger charge is -2.35. The lowest BCUT2D eigenvalue weighted by molar-refractivity contribution is 0.100. The van der Waals surface area contributed by atoms with E-state index >= 15 is 0 Å². The van der Waals surface area contributed by atoms with Crippen LogP contribution in [0.25, 0.3) is 10.9 Å². The number of rotatable bonds is 6. The molecule has 1 amide bonds. The van der Waals surface area contributed by atoms with E-state index in [4.69, 9.17) is 22.1 Å². The number of carbonyl (C=O) groups is 1. The van der Waals surface area contributed by atoms with Gasteiger partial charge in [0.25, 0.3) is 5.91 Å². The zero-order valence-electron chi connectivity index (χ0n) is 18.0. The number of nitrogens with two attached hydrogens (primary N) is 1. The summed E-state index contributed by atoms with van der Waals surface area (Å²) < 4.78 is 19.5. The number of piperazine rings is 1. The fourth-order valence-electron chi connectivity index (χ4n) is 3.82. The van der Waals surface area contributed by atoms with E-state index in [2.05, 4.69) is 27.1 Å². The largest absolute Gasteiger partial charge is 0.492 e. The number of likely N-dealkylation sites (N-methyl/N-ethyl adjacent to an activating group) is 1. The van der Waals surface area contributed by atoms with Crippen LogP contribution in [0.5, 0.6) is 5.75 Å². The molecule has 0 spiro atoms. The number of aromatic nitrogens is 1. The van der Waals surface area contributed by atoms with Crippen LogP contribution in [-0.2, 0) is 0 Å². The Kier molecular flexibility index (Phi) is 6.34. The minimum atomic E-state index is -0.629. The van der Waals surface area contributed by atoms with Gasteiger partial charge in [-0.2, -0.15) is 0 Å². The van der Waals surface area contributed by atoms with Gasteiger partial charge >= 0.3 is 0 Å². The van der Waals surface area contributed by atoms with Crippen LogP contribution in [0.1, 0.15) is 17.3 Å². The van der Waals surface area contributed by atoms with E-state index in [0.29, 0.717) is 28.9 Å². The number of ether oxygens (including phenoxy) is 1. The average molecular weight is 458 g/mol. The maximum atomic E-state index is 13.5. The quantitative estimate of drug-likeness (QED) is 0.581. The first-order valence-corrected chi connectivity index (χ1v) is 10.8. The molecule has 0 saturated carbocycles. The number of nitrogens with zero attached hydrogens (tertiary/aromatic N) is 3. The molecule has 0 aliphatic carbocycles. The molecule has 0 atom stereocenters. The van der Waals surface area contributed by atoms with Gasteiger partial charge in [0, 0.05) is 43.8 Å². The van der Waals surface area contributed by atoms with Crippen molar-refractivity contribution in [2.24, 2.45) is 5.73 Å². The van der Waals surface area contributed by atoms with E-state index in [-0.39, 0.29) is 10.6 Å². The van der Waals surface area contributed by atoms with Crippen LogP contribution in [0.3, 0.4) is 0 Å². The van der Waals surface area contributed by atoms with Gasteiger partial charge < -0.3 is 25.6 Å². The summed E-state index contributed by atoms with van der Waals surface area (Å²) in [6.07, 6.45) is 1.43. The molecular weight excluding hydrogens is 433 g/mol. The van der Waals surface area contributed by atoms with Crippen LogP contribution in [0.4, 0.5) is 21.5 Å². The molecule has 0 radical (unpaired) electrons. The van der Waals surface area contributed by atoms with Gasteiger partial charge in [0.1, 0.15) is 11.6 Å². The number of halogens is 2. The lowest BCUT2D eigenvalue weighted by Crippen LogP contribution is -2.44. The molecule has 0 bridgehead atoms. The fourth-order valence-corrected chi connectivity index (χ4v) is 4.04. The summed E-state index contributed by atoms with van der Waals surface area (Å²) in [5.74, 6) is -0.348. The summed E-state index contributed by atoms with van der Waals surface area (Å²) in [6, 6.07) is 7.86. The molecule has 3 aromatic rings. The van der Waals surface area contributed by atoms with Crippen molar-refractivity contribution < 1.29 is 13.9 Å². The van der Waals surface area contributed by atoms with Crippen molar-refractivity contribution in [1.82, 2.24) is 9.88 Å². The molecule has 1 aromatic heterocycles. The molecule has 168 valence electrons. The van der Waals surface area contributed by atoms with E-state index in [0.717, 1.165) is 37.6 Å². The molecule has 4 rings (SSSR count). The van der Waals surface area contributed by atoms with Gasteiger partial charge in [0.15, 0.2) is 0 Å². The number of hydrogen-bond acceptors (Lipinski definition) is 6. The van der Waals surface area contributed by atoms with Crippen molar-refractivity contribution in [2.75, 3.05) is 50.1 Å². The molecule has 0 unspecified atom stereocenters. The number of amides is 1. The first kappa shape index (κ1) is 22.1. The Balaban J connectivity index is 1.88. The molecular formula is C23H25ClFN5O2. The smallest absolute Gasteiger partial charge is 0.252 e. The van der Waals surface area contributed by atoms with Gasteiger partial charge in [-0.25, -0.2) is 4.39 Å². The maximum absolute atomic E-state index is 13.5. The highest BCUT2D eigenvalue weighted by atomic mass is 35.5. The zero-order chi connectivity index (χ0) is 22.8. The van der Waals surface area contributed by atoms with Gasteiger partial charge in [-0.15, -0.1) is 0 Å². The molecule has 7 nitrogen and oxygen atoms in total. The number of carbonyl (C=O) groups excluding carboxylic acids is 1. The monoisotopic (exact) mass is 457 g/mol. The summed E-state index contributed by atoms with van der Waals surface area (Å²) >= 11 is 6.23. The summed E-state index contributed by atoms with van der Waals surface area (Å²) in [7, 11) is 2.10. The van der Waals surface area contributed by atoms with E-state index in [9.17, 15) is 9.18 Å². The van der Waals surface area contributed by atoms with E-state index in [1.165, 1.54) is 24.4 Å². The SMILES string of the molecule is CCOc1cc2ncc(C(N)=O)c(Nc3ccc(F)cc3Cl)c2cc1N1CCN(C)CC1. The highest BCUT2D eigenvalue weighted by Gasteiger charge is 2.22. The van der Waals surface area contributed by atoms with Crippen LogP contribution >= 0.6 is 11.6 Å². The molecule has 1 aliphatic rings. The molecule has 32 heavy (non-hydrogen) atoms. The molecule has 1 fully saturated rings. The normalized spacial score (nSPS) is 14.6. The number of primary amides is 1. The third-order valence-corrected chi connectivity index (χ3v) is 5.86. The van der Waals surface area contributed by atoms with Gasteiger partial charge in [0.2, 0.25) is 0 Å². The third kappa shape index (κ3) is 4.42. The summed E-state index contributed by atoms with van der Waals surface area (Å²) in [4.78, 5) is 21.2. The Morgan fingerprint density at radius 2 is 2.00 bits per heavy atom. The van der Waals surface area contributed by atoms with E-state index < -0.39 is 11.7 Å². The van der Waals surface area contributed by atoms with Crippen molar-refractivity contribution >= 4 is 45.5 Å². The van der Waals surface area contributed by atoms with Crippen LogP contribution in [0.15, 0.2) is 36.5 Å². The van der Waals surface area contributed by atoms with E-state index in [1.54, 1.807) is 0 Å². The Labute approximate surface area is 190 Å². The fraction of sp³-hybridized carbons (Fsp3) is 0.304. The summed E-state index contributed by atoms with van der Waals surface area (Å²) in [5.41, 5.74) is 8.34. The standard InChI is InChI=1S/C23H25ClFN5O2/c1-3-32-21-12-19-15(11-20(21)30-8-6-29(2)7-9-30)22(16(13-27-19)23(26)31)28-18-5-4-14(25)10-17(18)24/h4-5,10-13H,3,6-9H2,1-2H3,(H2,26,31)(H,27,28). The van der Waals surface area contributed by atoms with Crippen molar-refractivity contribution in [1.29, 1.82) is 0 Å². The van der Waals surface area contributed by atoms with Gasteiger partial charge in [-0.1, -0.05) is 11.6 Å². The average Bonchev–Trinajstić information content (AvgIpc) is 2.76.